The first-order valence-electron chi connectivity index (χ1n) is 7.87. The molecule has 1 saturated heterocycles. The molecule has 8 heteroatoms. The van der Waals surface area contributed by atoms with Crippen molar-refractivity contribution in [1.29, 1.82) is 0 Å². The van der Waals surface area contributed by atoms with Gasteiger partial charge in [0.15, 0.2) is 6.10 Å². The third-order valence-electron chi connectivity index (χ3n) is 3.47. The van der Waals surface area contributed by atoms with E-state index >= 15 is 0 Å². The van der Waals surface area contributed by atoms with Crippen LogP contribution in [0.5, 0.6) is 5.88 Å². The van der Waals surface area contributed by atoms with Gasteiger partial charge in [0.25, 0.3) is 5.91 Å². The largest absolute Gasteiger partial charge is 0.475 e. The normalized spacial score (nSPS) is 18.0. The maximum atomic E-state index is 12.7. The summed E-state index contributed by atoms with van der Waals surface area (Å²) in [4.78, 5) is 18.7. The van der Waals surface area contributed by atoms with Gasteiger partial charge < -0.3 is 18.8 Å². The van der Waals surface area contributed by atoms with E-state index < -0.39 is 6.10 Å². The molecule has 3 heterocycles. The van der Waals surface area contributed by atoms with Gasteiger partial charge in [0.1, 0.15) is 5.69 Å². The fourth-order valence-electron chi connectivity index (χ4n) is 2.43. The number of pyridine rings is 1. The number of aryl methyl sites for hydroxylation is 1. The Hall–Kier alpha value is -2.48. The number of hydrogen-bond acceptors (Lipinski definition) is 7. The van der Waals surface area contributed by atoms with E-state index in [9.17, 15) is 4.79 Å². The molecule has 0 bridgehead atoms. The molecule has 128 valence electrons. The number of amides is 1. The number of nitrogens with zero attached hydrogens (tertiary/aromatic N) is 4. The van der Waals surface area contributed by atoms with E-state index in [0.29, 0.717) is 43.1 Å². The molecule has 0 N–H and O–H groups in total. The Bertz CT molecular complexity index is 716. The molecular weight excluding hydrogens is 312 g/mol. The summed E-state index contributed by atoms with van der Waals surface area (Å²) < 4.78 is 16.6. The van der Waals surface area contributed by atoms with Crippen molar-refractivity contribution in [2.75, 3.05) is 19.7 Å². The molecule has 1 atom stereocenters. The third kappa shape index (κ3) is 3.70. The molecule has 2 aromatic heterocycles. The van der Waals surface area contributed by atoms with Crippen LogP contribution < -0.4 is 4.74 Å². The number of morpholine rings is 1. The highest BCUT2D eigenvalue weighted by Gasteiger charge is 2.30. The standard InChI is InChI=1S/C16H20N4O4/c1-10(2)23-14-6-4-5-12(17-14)16(21)20-7-8-22-13(9-20)15-19-18-11(3)24-15/h4-6,10,13H,7-9H2,1-3H3/t13-/m1/s1. The van der Waals surface area contributed by atoms with Gasteiger partial charge >= 0.3 is 0 Å². The summed E-state index contributed by atoms with van der Waals surface area (Å²) >= 11 is 0. The fraction of sp³-hybridized carbons (Fsp3) is 0.500. The van der Waals surface area contributed by atoms with Crippen LogP contribution in [0.25, 0.3) is 0 Å². The van der Waals surface area contributed by atoms with Crippen molar-refractivity contribution >= 4 is 5.91 Å². The van der Waals surface area contributed by atoms with Gasteiger partial charge in [-0.25, -0.2) is 4.98 Å². The van der Waals surface area contributed by atoms with Crippen LogP contribution in [0, 0.1) is 6.92 Å². The summed E-state index contributed by atoms with van der Waals surface area (Å²) in [5.41, 5.74) is 0.343. The minimum Gasteiger partial charge on any atom is -0.475 e. The maximum Gasteiger partial charge on any atom is 0.272 e. The Morgan fingerprint density at radius 3 is 2.92 bits per heavy atom. The predicted molar refractivity (Wildman–Crippen MR) is 83.6 cm³/mol. The van der Waals surface area contributed by atoms with Crippen LogP contribution in [-0.4, -0.2) is 51.8 Å². The van der Waals surface area contributed by atoms with Crippen LogP contribution in [-0.2, 0) is 4.74 Å². The van der Waals surface area contributed by atoms with E-state index in [-0.39, 0.29) is 12.0 Å². The highest BCUT2D eigenvalue weighted by Crippen LogP contribution is 2.22. The Kier molecular flexibility index (Phi) is 4.75. The van der Waals surface area contributed by atoms with Crippen molar-refractivity contribution in [2.45, 2.75) is 33.0 Å². The van der Waals surface area contributed by atoms with Crippen LogP contribution >= 0.6 is 0 Å². The van der Waals surface area contributed by atoms with E-state index in [2.05, 4.69) is 15.2 Å². The first-order chi connectivity index (χ1) is 11.5. The van der Waals surface area contributed by atoms with Gasteiger partial charge in [-0.15, -0.1) is 10.2 Å². The first kappa shape index (κ1) is 16.4. The van der Waals surface area contributed by atoms with Crippen LogP contribution in [0.15, 0.2) is 22.6 Å². The fourth-order valence-corrected chi connectivity index (χ4v) is 2.43. The quantitative estimate of drug-likeness (QED) is 0.842. The van der Waals surface area contributed by atoms with Gasteiger partial charge in [-0.3, -0.25) is 4.79 Å². The Morgan fingerprint density at radius 1 is 1.38 bits per heavy atom. The summed E-state index contributed by atoms with van der Waals surface area (Å²) in [5, 5.41) is 7.77. The van der Waals surface area contributed by atoms with E-state index in [1.807, 2.05) is 13.8 Å². The lowest BCUT2D eigenvalue weighted by molar-refractivity contribution is -0.0351. The monoisotopic (exact) mass is 332 g/mol. The van der Waals surface area contributed by atoms with E-state index in [1.54, 1.807) is 30.0 Å². The average Bonchev–Trinajstić information content (AvgIpc) is 3.00. The SMILES string of the molecule is Cc1nnc([C@H]2CN(C(=O)c3cccc(OC(C)C)n3)CCO2)o1. The smallest absolute Gasteiger partial charge is 0.272 e. The van der Waals surface area contributed by atoms with Crippen LogP contribution in [0.1, 0.15) is 42.2 Å². The van der Waals surface area contributed by atoms with Gasteiger partial charge in [0.2, 0.25) is 17.7 Å². The zero-order valence-corrected chi connectivity index (χ0v) is 13.9. The van der Waals surface area contributed by atoms with Crippen molar-refractivity contribution < 1.29 is 18.7 Å². The minimum atomic E-state index is -0.418. The molecule has 0 radical (unpaired) electrons. The number of aromatic nitrogens is 3. The molecule has 0 aromatic carbocycles. The lowest BCUT2D eigenvalue weighted by Crippen LogP contribution is -2.42. The van der Waals surface area contributed by atoms with Gasteiger partial charge in [-0.2, -0.15) is 0 Å². The van der Waals surface area contributed by atoms with Crippen LogP contribution in [0.4, 0.5) is 0 Å². The number of carbonyl (C=O) groups is 1. The lowest BCUT2D eigenvalue weighted by atomic mass is 10.2. The highest BCUT2D eigenvalue weighted by atomic mass is 16.5. The Balaban J connectivity index is 1.72. The second kappa shape index (κ2) is 6.96. The van der Waals surface area contributed by atoms with E-state index in [1.165, 1.54) is 0 Å². The average molecular weight is 332 g/mol. The van der Waals surface area contributed by atoms with Gasteiger partial charge in [0, 0.05) is 19.5 Å². The molecule has 0 unspecified atom stereocenters. The van der Waals surface area contributed by atoms with Crippen molar-refractivity contribution in [2.24, 2.45) is 0 Å². The Labute approximate surface area is 139 Å². The number of carbonyl (C=O) groups excluding carboxylic acids is 1. The zero-order valence-electron chi connectivity index (χ0n) is 13.9. The Morgan fingerprint density at radius 2 is 2.21 bits per heavy atom. The summed E-state index contributed by atoms with van der Waals surface area (Å²) in [5.74, 6) is 1.12. The molecule has 1 aliphatic heterocycles. The first-order valence-corrected chi connectivity index (χ1v) is 7.87. The molecule has 1 amide bonds. The van der Waals surface area contributed by atoms with E-state index in [0.717, 1.165) is 0 Å². The molecule has 8 nitrogen and oxygen atoms in total. The molecule has 1 fully saturated rings. The van der Waals surface area contributed by atoms with Gasteiger partial charge in [0.05, 0.1) is 19.3 Å². The van der Waals surface area contributed by atoms with Crippen molar-refractivity contribution in [3.05, 3.63) is 35.7 Å². The minimum absolute atomic E-state index is 0.00335. The van der Waals surface area contributed by atoms with Gasteiger partial charge in [-0.1, -0.05) is 6.07 Å². The van der Waals surface area contributed by atoms with Crippen LogP contribution in [0.3, 0.4) is 0 Å². The number of hydrogen-bond donors (Lipinski definition) is 0. The number of ether oxygens (including phenoxy) is 2. The molecule has 2 aromatic rings. The predicted octanol–water partition coefficient (Wildman–Crippen LogP) is 1.77. The number of rotatable bonds is 4. The second-order valence-corrected chi connectivity index (χ2v) is 5.80. The van der Waals surface area contributed by atoms with Crippen molar-refractivity contribution in [3.8, 4) is 5.88 Å². The highest BCUT2D eigenvalue weighted by molar-refractivity contribution is 5.92. The molecule has 0 saturated carbocycles. The zero-order chi connectivity index (χ0) is 17.1. The molecule has 0 aliphatic carbocycles. The van der Waals surface area contributed by atoms with Crippen molar-refractivity contribution in [1.82, 2.24) is 20.1 Å². The second-order valence-electron chi connectivity index (χ2n) is 5.80. The third-order valence-corrected chi connectivity index (χ3v) is 3.47. The molecule has 24 heavy (non-hydrogen) atoms. The topological polar surface area (TPSA) is 90.6 Å². The van der Waals surface area contributed by atoms with Crippen molar-refractivity contribution in [3.63, 3.8) is 0 Å². The summed E-state index contributed by atoms with van der Waals surface area (Å²) in [6, 6.07) is 5.17. The molecule has 3 rings (SSSR count). The maximum absolute atomic E-state index is 12.7. The summed E-state index contributed by atoms with van der Waals surface area (Å²) in [6.07, 6.45) is -0.421. The summed E-state index contributed by atoms with van der Waals surface area (Å²) in [7, 11) is 0. The lowest BCUT2D eigenvalue weighted by Gasteiger charge is -2.31. The molecule has 0 spiro atoms. The van der Waals surface area contributed by atoms with Crippen LogP contribution in [0.2, 0.25) is 0 Å². The molecule has 1 aliphatic rings. The summed E-state index contributed by atoms with van der Waals surface area (Å²) in [6.45, 7) is 6.77. The molecular formula is C16H20N4O4. The van der Waals surface area contributed by atoms with E-state index in [4.69, 9.17) is 13.9 Å². The van der Waals surface area contributed by atoms with Gasteiger partial charge in [-0.05, 0) is 19.9 Å².